The molecule has 0 aliphatic carbocycles. The van der Waals surface area contributed by atoms with Gasteiger partial charge in [0, 0.05) is 38.6 Å². The average Bonchev–Trinajstić information content (AvgIpc) is 3.61. The molecule has 3 aromatic heterocycles. The highest BCUT2D eigenvalue weighted by Gasteiger charge is 2.20. The number of hydrogen-bond donors (Lipinski definition) is 0. The Labute approximate surface area is 319 Å². The van der Waals surface area contributed by atoms with Crippen LogP contribution in [0.4, 0.5) is 0 Å². The van der Waals surface area contributed by atoms with Crippen molar-refractivity contribution in [1.82, 2.24) is 19.4 Å². The molecule has 7 aromatic carbocycles. The number of fused-ring (bicyclic) bond motifs is 3. The van der Waals surface area contributed by atoms with Gasteiger partial charge in [0.25, 0.3) is 0 Å². The van der Waals surface area contributed by atoms with Crippen LogP contribution in [0.15, 0.2) is 206 Å². The summed E-state index contributed by atoms with van der Waals surface area (Å²) in [7, 11) is 0. The lowest BCUT2D eigenvalue weighted by molar-refractivity contribution is 1.12. The van der Waals surface area contributed by atoms with E-state index in [9.17, 15) is 0 Å². The van der Waals surface area contributed by atoms with E-state index < -0.39 is 0 Å². The maximum atomic E-state index is 5.43. The third kappa shape index (κ3) is 6.06. The molecular formula is C51H34N4. The summed E-state index contributed by atoms with van der Waals surface area (Å²) in [5.74, 6) is 1.62. The lowest BCUT2D eigenvalue weighted by atomic mass is 9.99. The molecule has 0 amide bonds. The minimum Gasteiger partial charge on any atom is -0.293 e. The van der Waals surface area contributed by atoms with Gasteiger partial charge in [-0.05, 0) is 34.9 Å². The second-order valence-electron chi connectivity index (χ2n) is 13.7. The van der Waals surface area contributed by atoms with E-state index in [-0.39, 0.29) is 0 Å². The van der Waals surface area contributed by atoms with E-state index in [2.05, 4.69) is 174 Å². The summed E-state index contributed by atoms with van der Waals surface area (Å²) in [4.78, 5) is 15.4. The fourth-order valence-corrected chi connectivity index (χ4v) is 7.53. The molecule has 55 heavy (non-hydrogen) atoms. The molecule has 3 heterocycles. The minimum atomic E-state index is 0.708. The van der Waals surface area contributed by atoms with Gasteiger partial charge in [-0.2, -0.15) is 0 Å². The normalized spacial score (nSPS) is 11.3. The molecule has 0 unspecified atom stereocenters. The van der Waals surface area contributed by atoms with E-state index in [4.69, 9.17) is 15.0 Å². The van der Waals surface area contributed by atoms with Crippen LogP contribution in [0.1, 0.15) is 0 Å². The summed E-state index contributed by atoms with van der Waals surface area (Å²) >= 11 is 0. The van der Waals surface area contributed by atoms with Gasteiger partial charge in [-0.25, -0.2) is 15.0 Å². The lowest BCUT2D eigenvalue weighted by Crippen LogP contribution is -2.00. The van der Waals surface area contributed by atoms with Gasteiger partial charge in [0.05, 0.1) is 28.3 Å². The Kier molecular flexibility index (Phi) is 8.12. The summed E-state index contributed by atoms with van der Waals surface area (Å²) in [6, 6.07) is 72.0. The van der Waals surface area contributed by atoms with Crippen molar-refractivity contribution in [1.29, 1.82) is 0 Å². The Hall–Kier alpha value is -7.43. The van der Waals surface area contributed by atoms with Gasteiger partial charge in [-0.1, -0.05) is 188 Å². The van der Waals surface area contributed by atoms with E-state index >= 15 is 0 Å². The Bertz CT molecular complexity index is 2880. The molecule has 0 aliphatic heterocycles. The maximum absolute atomic E-state index is 5.43. The Morgan fingerprint density at radius 2 is 0.764 bits per heavy atom. The van der Waals surface area contributed by atoms with Gasteiger partial charge in [-0.3, -0.25) is 4.40 Å². The summed E-state index contributed by atoms with van der Waals surface area (Å²) < 4.78 is 2.33. The first-order valence-corrected chi connectivity index (χ1v) is 18.5. The average molecular weight is 703 g/mol. The third-order valence-electron chi connectivity index (χ3n) is 10.2. The molecule has 4 nitrogen and oxygen atoms in total. The van der Waals surface area contributed by atoms with E-state index in [0.29, 0.717) is 5.82 Å². The lowest BCUT2D eigenvalue weighted by Gasteiger charge is -2.14. The van der Waals surface area contributed by atoms with E-state index in [1.54, 1.807) is 0 Å². The van der Waals surface area contributed by atoms with Crippen LogP contribution < -0.4 is 0 Å². The molecule has 0 aliphatic rings. The Balaban J connectivity index is 1.07. The van der Waals surface area contributed by atoms with Crippen molar-refractivity contribution < 1.29 is 0 Å². The first-order valence-electron chi connectivity index (χ1n) is 18.5. The zero-order valence-electron chi connectivity index (χ0n) is 29.9. The standard InChI is InChI=1S/C51H34N4/c1-5-16-36(17-6-1)45-33-46(53-50(52-45)39-20-9-3-10-21-39)37-30-28-35(29-31-37)41-24-15-25-42(32-41)47-34-48-43-26-13-14-27-44(43)49(38-18-7-2-8-19-38)55(48)51(54-47)40-22-11-4-12-23-40/h1-34H. The first kappa shape index (κ1) is 32.2. The highest BCUT2D eigenvalue weighted by Crippen LogP contribution is 2.39. The molecule has 0 fully saturated rings. The van der Waals surface area contributed by atoms with E-state index in [1.165, 1.54) is 10.8 Å². The number of nitrogens with zero attached hydrogens (tertiary/aromatic N) is 4. The predicted molar refractivity (Wildman–Crippen MR) is 226 cm³/mol. The molecule has 0 bridgehead atoms. The third-order valence-corrected chi connectivity index (χ3v) is 10.2. The van der Waals surface area contributed by atoms with Gasteiger partial charge in [0.1, 0.15) is 5.82 Å². The van der Waals surface area contributed by atoms with Crippen LogP contribution in [0.25, 0.3) is 95.2 Å². The zero-order chi connectivity index (χ0) is 36.6. The molecule has 0 saturated heterocycles. The van der Waals surface area contributed by atoms with Gasteiger partial charge in [0.2, 0.25) is 0 Å². The van der Waals surface area contributed by atoms with Crippen molar-refractivity contribution in [2.75, 3.05) is 0 Å². The largest absolute Gasteiger partial charge is 0.293 e. The summed E-state index contributed by atoms with van der Waals surface area (Å²) in [5, 5.41) is 2.40. The maximum Gasteiger partial charge on any atom is 0.160 e. The summed E-state index contributed by atoms with van der Waals surface area (Å²) in [5.41, 5.74) is 13.6. The highest BCUT2D eigenvalue weighted by atomic mass is 15.0. The number of benzene rings is 7. The number of aromatic nitrogens is 4. The molecule has 10 aromatic rings. The summed E-state index contributed by atoms with van der Waals surface area (Å²) in [6.45, 7) is 0. The van der Waals surface area contributed by atoms with Crippen LogP contribution in [-0.2, 0) is 0 Å². The van der Waals surface area contributed by atoms with Crippen LogP contribution in [0.3, 0.4) is 0 Å². The van der Waals surface area contributed by atoms with Crippen LogP contribution >= 0.6 is 0 Å². The molecule has 10 rings (SSSR count). The van der Waals surface area contributed by atoms with Gasteiger partial charge >= 0.3 is 0 Å². The van der Waals surface area contributed by atoms with Crippen molar-refractivity contribution in [2.24, 2.45) is 0 Å². The second kappa shape index (κ2) is 13.8. The SMILES string of the molecule is c1ccc(-c2cc(-c3ccc(-c4cccc(-c5cc6c7ccccc7c(-c7ccccc7)n6c(-c6ccccc6)n5)c4)cc3)nc(-c3ccccc3)n2)cc1. The highest BCUT2D eigenvalue weighted by molar-refractivity contribution is 6.08. The number of rotatable bonds is 7. The molecule has 0 saturated carbocycles. The molecule has 258 valence electrons. The first-order chi connectivity index (χ1) is 27.3. The Morgan fingerprint density at radius 1 is 0.291 bits per heavy atom. The van der Waals surface area contributed by atoms with Crippen molar-refractivity contribution in [3.63, 3.8) is 0 Å². The van der Waals surface area contributed by atoms with Crippen molar-refractivity contribution in [2.45, 2.75) is 0 Å². The molecule has 0 atom stereocenters. The van der Waals surface area contributed by atoms with Crippen LogP contribution in [0, 0.1) is 0 Å². The monoisotopic (exact) mass is 702 g/mol. The minimum absolute atomic E-state index is 0.708. The molecule has 4 heteroatoms. The van der Waals surface area contributed by atoms with Crippen molar-refractivity contribution in [3.05, 3.63) is 206 Å². The van der Waals surface area contributed by atoms with Crippen LogP contribution in [-0.4, -0.2) is 19.4 Å². The smallest absolute Gasteiger partial charge is 0.160 e. The topological polar surface area (TPSA) is 43.1 Å². The second-order valence-corrected chi connectivity index (χ2v) is 13.7. The predicted octanol–water partition coefficient (Wildman–Crippen LogP) is 12.9. The van der Waals surface area contributed by atoms with Crippen LogP contribution in [0.5, 0.6) is 0 Å². The fraction of sp³-hybridized carbons (Fsp3) is 0. The molecule has 0 spiro atoms. The molecular weight excluding hydrogens is 669 g/mol. The quantitative estimate of drug-likeness (QED) is 0.166. The van der Waals surface area contributed by atoms with Crippen molar-refractivity contribution in [3.8, 4) is 78.9 Å². The number of hydrogen-bond acceptors (Lipinski definition) is 3. The van der Waals surface area contributed by atoms with Gasteiger partial charge in [0.15, 0.2) is 5.82 Å². The van der Waals surface area contributed by atoms with Crippen LogP contribution in [0.2, 0.25) is 0 Å². The van der Waals surface area contributed by atoms with Gasteiger partial charge < -0.3 is 0 Å². The van der Waals surface area contributed by atoms with E-state index in [1.807, 2.05) is 36.4 Å². The van der Waals surface area contributed by atoms with E-state index in [0.717, 1.165) is 78.6 Å². The fourth-order valence-electron chi connectivity index (χ4n) is 7.53. The van der Waals surface area contributed by atoms with Crippen molar-refractivity contribution >= 4 is 16.3 Å². The molecule has 0 radical (unpaired) electrons. The van der Waals surface area contributed by atoms with Gasteiger partial charge in [-0.15, -0.1) is 0 Å². The zero-order valence-corrected chi connectivity index (χ0v) is 29.9. The molecule has 0 N–H and O–H groups in total. The Morgan fingerprint density at radius 3 is 1.42 bits per heavy atom. The summed E-state index contributed by atoms with van der Waals surface area (Å²) in [6.07, 6.45) is 0.